The van der Waals surface area contributed by atoms with Gasteiger partial charge in [-0.3, -0.25) is 0 Å². The highest BCUT2D eigenvalue weighted by atomic mass is 79.9. The third-order valence-corrected chi connectivity index (χ3v) is 4.09. The fraction of sp³-hybridized carbons (Fsp3) is 0.412. The fourth-order valence-corrected chi connectivity index (χ4v) is 2.75. The van der Waals surface area contributed by atoms with Crippen LogP contribution in [0.15, 0.2) is 40.9 Å². The Morgan fingerprint density at radius 2 is 2.00 bits per heavy atom. The Balaban J connectivity index is 1.98. The van der Waals surface area contributed by atoms with Crippen molar-refractivity contribution < 1.29 is 4.74 Å². The SMILES string of the molecule is CCCNCC(C)COc1ccc2ccccc2c1Br. The molecule has 0 aliphatic rings. The zero-order chi connectivity index (χ0) is 14.4. The maximum atomic E-state index is 5.95. The van der Waals surface area contributed by atoms with Gasteiger partial charge in [0.1, 0.15) is 5.75 Å². The van der Waals surface area contributed by atoms with Gasteiger partial charge in [0.15, 0.2) is 0 Å². The van der Waals surface area contributed by atoms with Gasteiger partial charge in [0.2, 0.25) is 0 Å². The molecular formula is C17H22BrNO. The van der Waals surface area contributed by atoms with E-state index in [0.717, 1.165) is 29.9 Å². The third-order valence-electron chi connectivity index (χ3n) is 3.27. The van der Waals surface area contributed by atoms with Gasteiger partial charge in [-0.1, -0.05) is 44.2 Å². The molecule has 3 heteroatoms. The van der Waals surface area contributed by atoms with Gasteiger partial charge in [0.05, 0.1) is 11.1 Å². The Hall–Kier alpha value is -1.06. The molecular weight excluding hydrogens is 314 g/mol. The van der Waals surface area contributed by atoms with E-state index in [4.69, 9.17) is 4.74 Å². The number of fused-ring (bicyclic) bond motifs is 1. The van der Waals surface area contributed by atoms with E-state index in [2.05, 4.69) is 59.4 Å². The average molecular weight is 336 g/mol. The predicted octanol–water partition coefficient (Wildman–Crippen LogP) is 4.62. The second kappa shape index (κ2) is 7.65. The van der Waals surface area contributed by atoms with Crippen molar-refractivity contribution in [2.24, 2.45) is 5.92 Å². The van der Waals surface area contributed by atoms with Gasteiger partial charge >= 0.3 is 0 Å². The van der Waals surface area contributed by atoms with Crippen LogP contribution in [0.5, 0.6) is 5.75 Å². The third kappa shape index (κ3) is 3.97. The minimum atomic E-state index is 0.500. The number of ether oxygens (including phenoxy) is 1. The summed E-state index contributed by atoms with van der Waals surface area (Å²) in [4.78, 5) is 0. The Morgan fingerprint density at radius 3 is 2.80 bits per heavy atom. The minimum Gasteiger partial charge on any atom is -0.492 e. The number of halogens is 1. The normalized spacial score (nSPS) is 12.6. The first kappa shape index (κ1) is 15.3. The van der Waals surface area contributed by atoms with Crippen LogP contribution in [-0.4, -0.2) is 19.7 Å². The van der Waals surface area contributed by atoms with E-state index in [0.29, 0.717) is 5.92 Å². The summed E-state index contributed by atoms with van der Waals surface area (Å²) in [6.07, 6.45) is 1.17. The van der Waals surface area contributed by atoms with E-state index < -0.39 is 0 Å². The quantitative estimate of drug-likeness (QED) is 0.745. The molecule has 2 aromatic carbocycles. The maximum Gasteiger partial charge on any atom is 0.134 e. The van der Waals surface area contributed by atoms with Crippen LogP contribution in [-0.2, 0) is 0 Å². The monoisotopic (exact) mass is 335 g/mol. The summed E-state index contributed by atoms with van der Waals surface area (Å²) < 4.78 is 7.00. The lowest BCUT2D eigenvalue weighted by Crippen LogP contribution is -2.25. The van der Waals surface area contributed by atoms with Crippen molar-refractivity contribution in [3.05, 3.63) is 40.9 Å². The lowest BCUT2D eigenvalue weighted by atomic mass is 10.1. The molecule has 0 aromatic heterocycles. The van der Waals surface area contributed by atoms with E-state index in [1.807, 2.05) is 12.1 Å². The molecule has 2 nitrogen and oxygen atoms in total. The van der Waals surface area contributed by atoms with E-state index in [9.17, 15) is 0 Å². The lowest BCUT2D eigenvalue weighted by molar-refractivity contribution is 0.255. The Morgan fingerprint density at radius 1 is 1.20 bits per heavy atom. The molecule has 1 unspecified atom stereocenters. The molecule has 20 heavy (non-hydrogen) atoms. The molecule has 0 aliphatic carbocycles. The molecule has 2 rings (SSSR count). The first-order valence-corrected chi connectivity index (χ1v) is 8.02. The molecule has 0 radical (unpaired) electrons. The van der Waals surface area contributed by atoms with Gasteiger partial charge in [-0.25, -0.2) is 0 Å². The topological polar surface area (TPSA) is 21.3 Å². The van der Waals surface area contributed by atoms with Crippen molar-refractivity contribution in [2.75, 3.05) is 19.7 Å². The van der Waals surface area contributed by atoms with Crippen molar-refractivity contribution in [2.45, 2.75) is 20.3 Å². The van der Waals surface area contributed by atoms with Crippen molar-refractivity contribution in [3.8, 4) is 5.75 Å². The summed E-state index contributed by atoms with van der Waals surface area (Å²) >= 11 is 3.66. The van der Waals surface area contributed by atoms with Crippen molar-refractivity contribution >= 4 is 26.7 Å². The van der Waals surface area contributed by atoms with Crippen LogP contribution in [0.2, 0.25) is 0 Å². The van der Waals surface area contributed by atoms with Crippen LogP contribution in [0.4, 0.5) is 0 Å². The average Bonchev–Trinajstić information content (AvgIpc) is 2.47. The second-order valence-corrected chi connectivity index (χ2v) is 6.01. The molecule has 0 saturated heterocycles. The highest BCUT2D eigenvalue weighted by molar-refractivity contribution is 9.10. The minimum absolute atomic E-state index is 0.500. The smallest absolute Gasteiger partial charge is 0.134 e. The second-order valence-electron chi connectivity index (χ2n) is 5.22. The lowest BCUT2D eigenvalue weighted by Gasteiger charge is -2.15. The van der Waals surface area contributed by atoms with Crippen LogP contribution >= 0.6 is 15.9 Å². The fourth-order valence-electron chi connectivity index (χ4n) is 2.14. The summed E-state index contributed by atoms with van der Waals surface area (Å²) in [5.41, 5.74) is 0. The molecule has 0 bridgehead atoms. The zero-order valence-corrected chi connectivity index (χ0v) is 13.7. The molecule has 108 valence electrons. The highest BCUT2D eigenvalue weighted by Crippen LogP contribution is 2.33. The van der Waals surface area contributed by atoms with E-state index in [1.54, 1.807) is 0 Å². The standard InChI is InChI=1S/C17H22BrNO/c1-3-10-19-11-13(2)12-20-16-9-8-14-6-4-5-7-15(14)17(16)18/h4-9,13,19H,3,10-12H2,1-2H3. The molecule has 0 heterocycles. The van der Waals surface area contributed by atoms with E-state index in [1.165, 1.54) is 17.2 Å². The van der Waals surface area contributed by atoms with Gasteiger partial charge in [-0.05, 0) is 45.7 Å². The molecule has 1 N–H and O–H groups in total. The Kier molecular flexibility index (Phi) is 5.86. The van der Waals surface area contributed by atoms with Gasteiger partial charge in [0.25, 0.3) is 0 Å². The van der Waals surface area contributed by atoms with Crippen LogP contribution in [0.25, 0.3) is 10.8 Å². The Bertz CT molecular complexity index is 556. The molecule has 2 aromatic rings. The molecule has 0 amide bonds. The Labute approximate surface area is 129 Å². The van der Waals surface area contributed by atoms with Crippen molar-refractivity contribution in [3.63, 3.8) is 0 Å². The number of benzene rings is 2. The first-order chi connectivity index (χ1) is 9.72. The zero-order valence-electron chi connectivity index (χ0n) is 12.2. The number of nitrogens with one attached hydrogen (secondary N) is 1. The van der Waals surface area contributed by atoms with E-state index >= 15 is 0 Å². The maximum absolute atomic E-state index is 5.95. The summed E-state index contributed by atoms with van der Waals surface area (Å²) in [6, 6.07) is 12.5. The number of hydrogen-bond donors (Lipinski definition) is 1. The van der Waals surface area contributed by atoms with Crippen LogP contribution in [0.1, 0.15) is 20.3 Å². The summed E-state index contributed by atoms with van der Waals surface area (Å²) in [6.45, 7) is 7.19. The van der Waals surface area contributed by atoms with Gasteiger partial charge < -0.3 is 10.1 Å². The van der Waals surface area contributed by atoms with Gasteiger partial charge in [0, 0.05) is 12.5 Å². The summed E-state index contributed by atoms with van der Waals surface area (Å²) in [5, 5.41) is 5.85. The highest BCUT2D eigenvalue weighted by Gasteiger charge is 2.08. The molecule has 0 spiro atoms. The predicted molar refractivity (Wildman–Crippen MR) is 89.5 cm³/mol. The van der Waals surface area contributed by atoms with Crippen LogP contribution in [0, 0.1) is 5.92 Å². The number of hydrogen-bond acceptors (Lipinski definition) is 2. The van der Waals surface area contributed by atoms with Crippen LogP contribution < -0.4 is 10.1 Å². The molecule has 0 saturated carbocycles. The van der Waals surface area contributed by atoms with Crippen molar-refractivity contribution in [1.29, 1.82) is 0 Å². The van der Waals surface area contributed by atoms with E-state index in [-0.39, 0.29) is 0 Å². The molecule has 0 aliphatic heterocycles. The largest absolute Gasteiger partial charge is 0.492 e. The molecule has 0 fully saturated rings. The van der Waals surface area contributed by atoms with Gasteiger partial charge in [-0.2, -0.15) is 0 Å². The summed E-state index contributed by atoms with van der Waals surface area (Å²) in [7, 11) is 0. The van der Waals surface area contributed by atoms with Gasteiger partial charge in [-0.15, -0.1) is 0 Å². The number of rotatable bonds is 7. The summed E-state index contributed by atoms with van der Waals surface area (Å²) in [5.74, 6) is 1.42. The molecule has 1 atom stereocenters. The first-order valence-electron chi connectivity index (χ1n) is 7.23. The van der Waals surface area contributed by atoms with Crippen molar-refractivity contribution in [1.82, 2.24) is 5.32 Å². The van der Waals surface area contributed by atoms with Crippen LogP contribution in [0.3, 0.4) is 0 Å².